The van der Waals surface area contributed by atoms with Gasteiger partial charge >= 0.3 is 0 Å². The number of para-hydroxylation sites is 1. The second kappa shape index (κ2) is 8.49. The third-order valence-electron chi connectivity index (χ3n) is 3.18. The van der Waals surface area contributed by atoms with Crippen molar-refractivity contribution in [2.75, 3.05) is 12.3 Å². The fourth-order valence-corrected chi connectivity index (χ4v) is 2.73. The number of nitrogens with one attached hydrogen (secondary N) is 1. The van der Waals surface area contributed by atoms with Crippen molar-refractivity contribution in [1.82, 2.24) is 5.32 Å². The zero-order chi connectivity index (χ0) is 15.8. The highest BCUT2D eigenvalue weighted by Gasteiger charge is 2.14. The van der Waals surface area contributed by atoms with Crippen molar-refractivity contribution < 1.29 is 9.53 Å². The first-order valence-electron chi connectivity index (χ1n) is 7.34. The highest BCUT2D eigenvalue weighted by Crippen LogP contribution is 2.18. The molecule has 22 heavy (non-hydrogen) atoms. The van der Waals surface area contributed by atoms with Gasteiger partial charge < -0.3 is 10.1 Å². The molecule has 0 aliphatic rings. The van der Waals surface area contributed by atoms with Gasteiger partial charge in [0.15, 0.2) is 6.10 Å². The summed E-state index contributed by atoms with van der Waals surface area (Å²) in [4.78, 5) is 13.2. The molecule has 0 spiro atoms. The number of aryl methyl sites for hydroxylation is 1. The molecule has 2 rings (SSSR count). The second-order valence-corrected chi connectivity index (χ2v) is 6.15. The lowest BCUT2D eigenvalue weighted by Gasteiger charge is -2.16. The lowest BCUT2D eigenvalue weighted by atomic mass is 10.2. The van der Waals surface area contributed by atoms with E-state index in [4.69, 9.17) is 4.74 Å². The molecule has 0 heterocycles. The summed E-state index contributed by atoms with van der Waals surface area (Å²) < 4.78 is 5.70. The van der Waals surface area contributed by atoms with Crippen LogP contribution in [0.5, 0.6) is 5.75 Å². The van der Waals surface area contributed by atoms with Gasteiger partial charge in [-0.25, -0.2) is 0 Å². The van der Waals surface area contributed by atoms with Gasteiger partial charge in [0.2, 0.25) is 0 Å². The minimum Gasteiger partial charge on any atom is -0.481 e. The molecular weight excluding hydrogens is 294 g/mol. The smallest absolute Gasteiger partial charge is 0.260 e. The van der Waals surface area contributed by atoms with Gasteiger partial charge in [0.05, 0.1) is 0 Å². The van der Waals surface area contributed by atoms with Crippen LogP contribution in [0.25, 0.3) is 0 Å². The zero-order valence-corrected chi connectivity index (χ0v) is 13.7. The third-order valence-corrected chi connectivity index (χ3v) is 4.19. The SMILES string of the molecule is Cc1ccccc1OC(C)C(=O)NCCSc1ccccc1. The molecule has 0 radical (unpaired) electrons. The number of hydrogen-bond donors (Lipinski definition) is 1. The lowest BCUT2D eigenvalue weighted by Crippen LogP contribution is -2.37. The van der Waals surface area contributed by atoms with E-state index in [0.717, 1.165) is 17.1 Å². The Morgan fingerprint density at radius 2 is 1.82 bits per heavy atom. The van der Waals surface area contributed by atoms with Crippen molar-refractivity contribution in [2.24, 2.45) is 0 Å². The van der Waals surface area contributed by atoms with E-state index in [1.165, 1.54) is 4.90 Å². The van der Waals surface area contributed by atoms with Gasteiger partial charge in [-0.1, -0.05) is 36.4 Å². The maximum atomic E-state index is 12.0. The number of ether oxygens (including phenoxy) is 1. The molecular formula is C18H21NO2S. The Morgan fingerprint density at radius 1 is 1.14 bits per heavy atom. The van der Waals surface area contributed by atoms with E-state index in [1.54, 1.807) is 18.7 Å². The molecule has 3 nitrogen and oxygen atoms in total. The second-order valence-electron chi connectivity index (χ2n) is 4.98. The Bertz CT molecular complexity index is 601. The van der Waals surface area contributed by atoms with Crippen molar-refractivity contribution in [1.29, 1.82) is 0 Å². The normalized spacial score (nSPS) is 11.7. The Morgan fingerprint density at radius 3 is 2.55 bits per heavy atom. The highest BCUT2D eigenvalue weighted by atomic mass is 32.2. The topological polar surface area (TPSA) is 38.3 Å². The quantitative estimate of drug-likeness (QED) is 0.626. The van der Waals surface area contributed by atoms with Gasteiger partial charge in [0.25, 0.3) is 5.91 Å². The summed E-state index contributed by atoms with van der Waals surface area (Å²) >= 11 is 1.73. The predicted octanol–water partition coefficient (Wildman–Crippen LogP) is 3.67. The molecule has 2 aromatic carbocycles. The van der Waals surface area contributed by atoms with Gasteiger partial charge in [0.1, 0.15) is 5.75 Å². The molecule has 116 valence electrons. The highest BCUT2D eigenvalue weighted by molar-refractivity contribution is 7.99. The van der Waals surface area contributed by atoms with Crippen molar-refractivity contribution in [3.05, 3.63) is 60.2 Å². The summed E-state index contributed by atoms with van der Waals surface area (Å²) in [6.45, 7) is 4.36. The van der Waals surface area contributed by atoms with Crippen LogP contribution in [0, 0.1) is 6.92 Å². The molecule has 1 amide bonds. The van der Waals surface area contributed by atoms with E-state index < -0.39 is 6.10 Å². The molecule has 4 heteroatoms. The Hall–Kier alpha value is -1.94. The van der Waals surface area contributed by atoms with Crippen LogP contribution in [0.15, 0.2) is 59.5 Å². The monoisotopic (exact) mass is 315 g/mol. The summed E-state index contributed by atoms with van der Waals surface area (Å²) in [5, 5.41) is 2.91. The summed E-state index contributed by atoms with van der Waals surface area (Å²) in [6.07, 6.45) is -0.497. The lowest BCUT2D eigenvalue weighted by molar-refractivity contribution is -0.127. The van der Waals surface area contributed by atoms with E-state index in [2.05, 4.69) is 17.4 Å². The van der Waals surface area contributed by atoms with Crippen molar-refractivity contribution >= 4 is 17.7 Å². The van der Waals surface area contributed by atoms with Gasteiger partial charge in [-0.3, -0.25) is 4.79 Å². The van der Waals surface area contributed by atoms with Crippen LogP contribution >= 0.6 is 11.8 Å². The van der Waals surface area contributed by atoms with Gasteiger partial charge in [-0.2, -0.15) is 0 Å². The third kappa shape index (κ3) is 5.11. The van der Waals surface area contributed by atoms with E-state index in [-0.39, 0.29) is 5.91 Å². The number of carbonyl (C=O) groups excluding carboxylic acids is 1. The van der Waals surface area contributed by atoms with E-state index in [9.17, 15) is 4.79 Å². The van der Waals surface area contributed by atoms with Gasteiger partial charge in [0, 0.05) is 17.2 Å². The van der Waals surface area contributed by atoms with Crippen LogP contribution in [0.3, 0.4) is 0 Å². The van der Waals surface area contributed by atoms with E-state index in [0.29, 0.717) is 6.54 Å². The average Bonchev–Trinajstić information content (AvgIpc) is 2.54. The maximum Gasteiger partial charge on any atom is 0.260 e. The molecule has 1 unspecified atom stereocenters. The molecule has 1 atom stereocenters. The number of benzene rings is 2. The molecule has 0 fully saturated rings. The molecule has 0 bridgehead atoms. The molecule has 1 N–H and O–H groups in total. The van der Waals surface area contributed by atoms with Crippen LogP contribution < -0.4 is 10.1 Å². The first kappa shape index (κ1) is 16.4. The van der Waals surface area contributed by atoms with E-state index in [1.807, 2.05) is 49.4 Å². The van der Waals surface area contributed by atoms with Gasteiger partial charge in [-0.15, -0.1) is 11.8 Å². The molecule has 0 aliphatic carbocycles. The minimum absolute atomic E-state index is 0.0862. The maximum absolute atomic E-state index is 12.0. The first-order valence-corrected chi connectivity index (χ1v) is 8.33. The van der Waals surface area contributed by atoms with Crippen LogP contribution in [-0.2, 0) is 4.79 Å². The largest absolute Gasteiger partial charge is 0.481 e. The number of hydrogen-bond acceptors (Lipinski definition) is 3. The van der Waals surface area contributed by atoms with Crippen LogP contribution in [-0.4, -0.2) is 24.3 Å². The number of carbonyl (C=O) groups is 1. The van der Waals surface area contributed by atoms with E-state index >= 15 is 0 Å². The summed E-state index contributed by atoms with van der Waals surface area (Å²) in [5.74, 6) is 1.51. The van der Waals surface area contributed by atoms with Crippen LogP contribution in [0.4, 0.5) is 0 Å². The number of thioether (sulfide) groups is 1. The van der Waals surface area contributed by atoms with Crippen molar-refractivity contribution in [3.63, 3.8) is 0 Å². The summed E-state index contributed by atoms with van der Waals surface area (Å²) in [5.41, 5.74) is 1.03. The summed E-state index contributed by atoms with van der Waals surface area (Å²) in [7, 11) is 0. The number of amides is 1. The minimum atomic E-state index is -0.497. The van der Waals surface area contributed by atoms with Crippen LogP contribution in [0.2, 0.25) is 0 Å². The molecule has 0 aromatic heterocycles. The van der Waals surface area contributed by atoms with Crippen molar-refractivity contribution in [3.8, 4) is 5.75 Å². The zero-order valence-electron chi connectivity index (χ0n) is 12.9. The Kier molecular flexibility index (Phi) is 6.34. The standard InChI is InChI=1S/C18H21NO2S/c1-14-8-6-7-11-17(14)21-15(2)18(20)19-12-13-22-16-9-4-3-5-10-16/h3-11,15H,12-13H2,1-2H3,(H,19,20). The summed E-state index contributed by atoms with van der Waals surface area (Å²) in [6, 6.07) is 17.9. The first-order chi connectivity index (χ1) is 10.7. The fourth-order valence-electron chi connectivity index (χ4n) is 1.94. The fraction of sp³-hybridized carbons (Fsp3) is 0.278. The molecule has 2 aromatic rings. The Labute approximate surface area is 136 Å². The molecule has 0 saturated heterocycles. The average molecular weight is 315 g/mol. The Balaban J connectivity index is 1.71. The number of rotatable bonds is 7. The predicted molar refractivity (Wildman–Crippen MR) is 91.4 cm³/mol. The van der Waals surface area contributed by atoms with Crippen molar-refractivity contribution in [2.45, 2.75) is 24.8 Å². The molecule has 0 aliphatic heterocycles. The van der Waals surface area contributed by atoms with Gasteiger partial charge in [-0.05, 0) is 37.6 Å². The molecule has 0 saturated carbocycles. The van der Waals surface area contributed by atoms with Crippen LogP contribution in [0.1, 0.15) is 12.5 Å².